The molecule has 5 nitrogen and oxygen atoms in total. The van der Waals surface area contributed by atoms with Crippen molar-refractivity contribution in [3.05, 3.63) is 72.9 Å². The fraction of sp³-hybridized carbons (Fsp3) is 0. The van der Waals surface area contributed by atoms with E-state index in [-0.39, 0.29) is 11.7 Å². The molecule has 0 fully saturated rings. The Labute approximate surface area is 121 Å². The van der Waals surface area contributed by atoms with Crippen molar-refractivity contribution in [1.29, 1.82) is 0 Å². The van der Waals surface area contributed by atoms with E-state index in [1.54, 1.807) is 24.3 Å². The second kappa shape index (κ2) is 5.92. The quantitative estimate of drug-likeness (QED) is 0.791. The van der Waals surface area contributed by atoms with Crippen LogP contribution in [0.15, 0.2) is 71.6 Å². The zero-order chi connectivity index (χ0) is 14.5. The Morgan fingerprint density at radius 2 is 1.71 bits per heavy atom. The lowest BCUT2D eigenvalue weighted by Crippen LogP contribution is -2.10. The summed E-state index contributed by atoms with van der Waals surface area (Å²) in [6.07, 6.45) is 2.58. The zero-order valence-corrected chi connectivity index (χ0v) is 11.0. The third kappa shape index (κ3) is 3.27. The first-order chi connectivity index (χ1) is 10.3. The fourth-order valence-corrected chi connectivity index (χ4v) is 1.75. The largest absolute Gasteiger partial charge is 0.457 e. The van der Waals surface area contributed by atoms with Crippen LogP contribution in [0, 0.1) is 0 Å². The van der Waals surface area contributed by atoms with Gasteiger partial charge in [0.25, 0.3) is 5.91 Å². The van der Waals surface area contributed by atoms with E-state index in [9.17, 15) is 4.79 Å². The number of carbonyl (C=O) groups excluding carboxylic acids is 1. The number of carbonyl (C=O) groups is 1. The average Bonchev–Trinajstić information content (AvgIpc) is 3.05. The number of amides is 1. The maximum absolute atomic E-state index is 11.8. The number of hydrogen-bond donors (Lipinski definition) is 1. The molecule has 5 heteroatoms. The summed E-state index contributed by atoms with van der Waals surface area (Å²) in [4.78, 5) is 15.5. The Kier molecular flexibility index (Phi) is 3.64. The number of ether oxygens (including phenoxy) is 1. The molecule has 1 aromatic heterocycles. The van der Waals surface area contributed by atoms with Gasteiger partial charge in [-0.3, -0.25) is 4.79 Å². The van der Waals surface area contributed by atoms with Crippen LogP contribution in [0.25, 0.3) is 0 Å². The molecule has 21 heavy (non-hydrogen) atoms. The summed E-state index contributed by atoms with van der Waals surface area (Å²) in [6.45, 7) is 0. The van der Waals surface area contributed by atoms with E-state index >= 15 is 0 Å². The molecule has 0 bridgehead atoms. The number of hydrogen-bond acceptors (Lipinski definition) is 4. The first-order valence-electron chi connectivity index (χ1n) is 6.34. The maximum Gasteiger partial charge on any atom is 0.293 e. The smallest absolute Gasteiger partial charge is 0.293 e. The van der Waals surface area contributed by atoms with Gasteiger partial charge in [-0.05, 0) is 36.4 Å². The average molecular weight is 280 g/mol. The summed E-state index contributed by atoms with van der Waals surface area (Å²) >= 11 is 0. The van der Waals surface area contributed by atoms with Crippen LogP contribution < -0.4 is 10.1 Å². The van der Waals surface area contributed by atoms with E-state index in [1.165, 1.54) is 12.6 Å². The fourth-order valence-electron chi connectivity index (χ4n) is 1.75. The lowest BCUT2D eigenvalue weighted by molar-refractivity contribution is 0.0996. The first-order valence-corrected chi connectivity index (χ1v) is 6.34. The summed E-state index contributed by atoms with van der Waals surface area (Å²) in [7, 11) is 0. The second-order valence-electron chi connectivity index (χ2n) is 4.26. The number of anilines is 1. The first kappa shape index (κ1) is 12.9. The summed E-state index contributed by atoms with van der Waals surface area (Å²) in [6, 6.07) is 16.6. The molecule has 0 radical (unpaired) electrons. The van der Waals surface area contributed by atoms with E-state index in [0.29, 0.717) is 11.4 Å². The SMILES string of the molecule is O=C(Nc1ccc(Oc2ccccc2)cc1)c1cnco1. The Morgan fingerprint density at radius 3 is 2.38 bits per heavy atom. The lowest BCUT2D eigenvalue weighted by atomic mass is 10.3. The number of para-hydroxylation sites is 1. The molecule has 3 aromatic rings. The number of nitrogens with zero attached hydrogens (tertiary/aromatic N) is 1. The summed E-state index contributed by atoms with van der Waals surface area (Å²) in [5.41, 5.74) is 0.650. The third-order valence-electron chi connectivity index (χ3n) is 2.75. The lowest BCUT2D eigenvalue weighted by Gasteiger charge is -2.07. The molecular weight excluding hydrogens is 268 g/mol. The van der Waals surface area contributed by atoms with Gasteiger partial charge in [0.2, 0.25) is 5.76 Å². The Bertz CT molecular complexity index is 707. The molecule has 104 valence electrons. The van der Waals surface area contributed by atoms with Crippen LogP contribution in [0.1, 0.15) is 10.6 Å². The number of nitrogens with one attached hydrogen (secondary N) is 1. The van der Waals surface area contributed by atoms with Gasteiger partial charge in [-0.1, -0.05) is 18.2 Å². The van der Waals surface area contributed by atoms with Gasteiger partial charge in [0.05, 0.1) is 6.20 Å². The van der Waals surface area contributed by atoms with E-state index in [4.69, 9.17) is 9.15 Å². The van der Waals surface area contributed by atoms with Gasteiger partial charge in [0.1, 0.15) is 11.5 Å². The highest BCUT2D eigenvalue weighted by atomic mass is 16.5. The summed E-state index contributed by atoms with van der Waals surface area (Å²) in [5.74, 6) is 1.28. The molecule has 1 amide bonds. The van der Waals surface area contributed by atoms with Gasteiger partial charge in [-0.2, -0.15) is 0 Å². The summed E-state index contributed by atoms with van der Waals surface area (Å²) < 4.78 is 10.6. The van der Waals surface area contributed by atoms with Gasteiger partial charge >= 0.3 is 0 Å². The van der Waals surface area contributed by atoms with Gasteiger partial charge in [-0.25, -0.2) is 4.98 Å². The molecule has 0 atom stereocenters. The van der Waals surface area contributed by atoms with Crippen LogP contribution >= 0.6 is 0 Å². The van der Waals surface area contributed by atoms with Gasteiger partial charge in [0, 0.05) is 5.69 Å². The monoisotopic (exact) mass is 280 g/mol. The Hall–Kier alpha value is -3.08. The van der Waals surface area contributed by atoms with E-state index < -0.39 is 0 Å². The minimum Gasteiger partial charge on any atom is -0.457 e. The van der Waals surface area contributed by atoms with Crippen molar-refractivity contribution in [2.24, 2.45) is 0 Å². The zero-order valence-electron chi connectivity index (χ0n) is 11.0. The van der Waals surface area contributed by atoms with E-state index in [0.717, 1.165) is 5.75 Å². The molecule has 1 heterocycles. The van der Waals surface area contributed by atoms with E-state index in [1.807, 2.05) is 30.3 Å². The molecule has 2 aromatic carbocycles. The van der Waals surface area contributed by atoms with Gasteiger partial charge in [-0.15, -0.1) is 0 Å². The topological polar surface area (TPSA) is 64.4 Å². The highest BCUT2D eigenvalue weighted by molar-refractivity contribution is 6.01. The van der Waals surface area contributed by atoms with Crippen molar-refractivity contribution < 1.29 is 13.9 Å². The van der Waals surface area contributed by atoms with Crippen LogP contribution in [0.3, 0.4) is 0 Å². The highest BCUT2D eigenvalue weighted by Crippen LogP contribution is 2.22. The van der Waals surface area contributed by atoms with Crippen LogP contribution in [0.4, 0.5) is 5.69 Å². The van der Waals surface area contributed by atoms with E-state index in [2.05, 4.69) is 10.3 Å². The van der Waals surface area contributed by atoms with Crippen LogP contribution in [0.2, 0.25) is 0 Å². The van der Waals surface area contributed by atoms with Crippen molar-refractivity contribution in [2.45, 2.75) is 0 Å². The Morgan fingerprint density at radius 1 is 1.00 bits per heavy atom. The molecule has 0 aliphatic carbocycles. The normalized spacial score (nSPS) is 10.1. The number of aromatic nitrogens is 1. The van der Waals surface area contributed by atoms with Crippen molar-refractivity contribution in [3.8, 4) is 11.5 Å². The molecule has 0 aliphatic heterocycles. The minimum absolute atomic E-state index is 0.166. The molecule has 0 spiro atoms. The molecule has 0 saturated carbocycles. The van der Waals surface area contributed by atoms with Gasteiger partial charge < -0.3 is 14.5 Å². The van der Waals surface area contributed by atoms with Crippen molar-refractivity contribution in [1.82, 2.24) is 4.98 Å². The molecule has 0 saturated heterocycles. The van der Waals surface area contributed by atoms with Gasteiger partial charge in [0.15, 0.2) is 6.39 Å². The standard InChI is InChI=1S/C16H12N2O3/c19-16(15-10-17-11-20-15)18-12-6-8-14(9-7-12)21-13-4-2-1-3-5-13/h1-11H,(H,18,19). The predicted octanol–water partition coefficient (Wildman–Crippen LogP) is 3.72. The molecule has 1 N–H and O–H groups in total. The summed E-state index contributed by atoms with van der Waals surface area (Å²) in [5, 5.41) is 2.71. The minimum atomic E-state index is -0.343. The number of benzene rings is 2. The third-order valence-corrected chi connectivity index (χ3v) is 2.75. The van der Waals surface area contributed by atoms with Crippen molar-refractivity contribution in [2.75, 3.05) is 5.32 Å². The van der Waals surface area contributed by atoms with Crippen LogP contribution in [-0.4, -0.2) is 10.9 Å². The van der Waals surface area contributed by atoms with Crippen LogP contribution in [0.5, 0.6) is 11.5 Å². The number of oxazole rings is 1. The maximum atomic E-state index is 11.8. The van der Waals surface area contributed by atoms with Crippen molar-refractivity contribution in [3.63, 3.8) is 0 Å². The second-order valence-corrected chi connectivity index (χ2v) is 4.26. The van der Waals surface area contributed by atoms with Crippen LogP contribution in [-0.2, 0) is 0 Å². The molecular formula is C16H12N2O3. The number of rotatable bonds is 4. The highest BCUT2D eigenvalue weighted by Gasteiger charge is 2.09. The Balaban J connectivity index is 1.65. The molecule has 3 rings (SSSR count). The predicted molar refractivity (Wildman–Crippen MR) is 77.4 cm³/mol. The molecule has 0 unspecified atom stereocenters. The molecule has 0 aliphatic rings. The van der Waals surface area contributed by atoms with Crippen molar-refractivity contribution >= 4 is 11.6 Å².